The van der Waals surface area contributed by atoms with Crippen molar-refractivity contribution in [2.75, 3.05) is 6.54 Å². The van der Waals surface area contributed by atoms with E-state index in [1.165, 1.54) is 43.8 Å². The van der Waals surface area contributed by atoms with E-state index in [2.05, 4.69) is 27.0 Å². The summed E-state index contributed by atoms with van der Waals surface area (Å²) < 4.78 is 2.38. The topological polar surface area (TPSA) is 42.7 Å². The Balaban J connectivity index is 1.89. The monoisotopic (exact) mass is 234 g/mol. The molecule has 0 spiro atoms. The first-order chi connectivity index (χ1) is 8.36. The summed E-state index contributed by atoms with van der Waals surface area (Å²) in [7, 11) is 0. The van der Waals surface area contributed by atoms with Crippen molar-refractivity contribution < 1.29 is 0 Å². The second kappa shape index (κ2) is 4.77. The summed E-state index contributed by atoms with van der Waals surface area (Å²) in [6.45, 7) is 4.56. The second-order valence-electron chi connectivity index (χ2n) is 5.49. The third kappa shape index (κ3) is 2.10. The standard InChI is InChI=1S/C13H22N4/c1-10-6-5-8-14-12(10)13-16-15-11-7-3-2-4-9-17(11)13/h10,12,14H,2-9H2,1H3. The van der Waals surface area contributed by atoms with Crippen LogP contribution in [0.1, 0.15) is 56.7 Å². The van der Waals surface area contributed by atoms with Crippen molar-refractivity contribution in [2.45, 2.75) is 58.0 Å². The molecule has 0 aromatic carbocycles. The molecule has 94 valence electrons. The van der Waals surface area contributed by atoms with E-state index in [0.717, 1.165) is 19.5 Å². The first-order valence-electron chi connectivity index (χ1n) is 7.01. The van der Waals surface area contributed by atoms with Crippen molar-refractivity contribution in [3.8, 4) is 0 Å². The zero-order chi connectivity index (χ0) is 11.7. The van der Waals surface area contributed by atoms with Crippen molar-refractivity contribution in [2.24, 2.45) is 5.92 Å². The van der Waals surface area contributed by atoms with Crippen molar-refractivity contribution in [3.05, 3.63) is 11.6 Å². The summed E-state index contributed by atoms with van der Waals surface area (Å²) in [6, 6.07) is 0.420. The smallest absolute Gasteiger partial charge is 0.150 e. The highest BCUT2D eigenvalue weighted by molar-refractivity contribution is 5.05. The van der Waals surface area contributed by atoms with Gasteiger partial charge in [0.15, 0.2) is 0 Å². The molecule has 4 nitrogen and oxygen atoms in total. The third-order valence-electron chi connectivity index (χ3n) is 4.19. The van der Waals surface area contributed by atoms with Crippen LogP contribution in [0.5, 0.6) is 0 Å². The Labute approximate surface area is 103 Å². The Hall–Kier alpha value is -0.900. The van der Waals surface area contributed by atoms with E-state index in [1.807, 2.05) is 0 Å². The van der Waals surface area contributed by atoms with E-state index in [0.29, 0.717) is 12.0 Å². The van der Waals surface area contributed by atoms with Crippen LogP contribution < -0.4 is 5.32 Å². The molecule has 2 aliphatic rings. The SMILES string of the molecule is CC1CCCNC1c1nnc2n1CCCCC2. The normalized spacial score (nSPS) is 29.7. The largest absolute Gasteiger partial charge is 0.314 e. The van der Waals surface area contributed by atoms with Crippen LogP contribution in [0, 0.1) is 5.92 Å². The Kier molecular flexibility index (Phi) is 3.14. The second-order valence-corrected chi connectivity index (χ2v) is 5.49. The van der Waals surface area contributed by atoms with Gasteiger partial charge in [-0.25, -0.2) is 0 Å². The molecule has 2 unspecified atom stereocenters. The summed E-state index contributed by atoms with van der Waals surface area (Å²) in [5.41, 5.74) is 0. The maximum Gasteiger partial charge on any atom is 0.150 e. The highest BCUT2D eigenvalue weighted by atomic mass is 15.3. The molecule has 1 aromatic rings. The Morgan fingerprint density at radius 2 is 2.12 bits per heavy atom. The molecule has 1 N–H and O–H groups in total. The molecule has 0 radical (unpaired) electrons. The van der Waals surface area contributed by atoms with Crippen molar-refractivity contribution in [1.82, 2.24) is 20.1 Å². The average Bonchev–Trinajstić information content (AvgIpc) is 2.59. The highest BCUT2D eigenvalue weighted by Gasteiger charge is 2.28. The predicted molar refractivity (Wildman–Crippen MR) is 66.7 cm³/mol. The lowest BCUT2D eigenvalue weighted by molar-refractivity contribution is 0.286. The summed E-state index contributed by atoms with van der Waals surface area (Å²) >= 11 is 0. The molecule has 0 bridgehead atoms. The molecule has 1 saturated heterocycles. The van der Waals surface area contributed by atoms with Crippen molar-refractivity contribution in [3.63, 3.8) is 0 Å². The van der Waals surface area contributed by atoms with Gasteiger partial charge in [-0.2, -0.15) is 0 Å². The minimum Gasteiger partial charge on any atom is -0.314 e. The number of nitrogens with zero attached hydrogens (tertiary/aromatic N) is 3. The fourth-order valence-corrected chi connectivity index (χ4v) is 3.13. The summed E-state index contributed by atoms with van der Waals surface area (Å²) in [4.78, 5) is 0. The number of aryl methyl sites for hydroxylation is 1. The van der Waals surface area contributed by atoms with Gasteiger partial charge in [-0.1, -0.05) is 13.3 Å². The van der Waals surface area contributed by atoms with E-state index in [4.69, 9.17) is 0 Å². The van der Waals surface area contributed by atoms with Gasteiger partial charge in [0, 0.05) is 13.0 Å². The van der Waals surface area contributed by atoms with Gasteiger partial charge in [0.2, 0.25) is 0 Å². The molecule has 17 heavy (non-hydrogen) atoms. The van der Waals surface area contributed by atoms with Crippen molar-refractivity contribution in [1.29, 1.82) is 0 Å². The zero-order valence-electron chi connectivity index (χ0n) is 10.7. The van der Waals surface area contributed by atoms with E-state index in [-0.39, 0.29) is 0 Å². The van der Waals surface area contributed by atoms with Gasteiger partial charge in [-0.05, 0) is 38.1 Å². The fourth-order valence-electron chi connectivity index (χ4n) is 3.13. The van der Waals surface area contributed by atoms with Crippen LogP contribution in [0.25, 0.3) is 0 Å². The minimum absolute atomic E-state index is 0.420. The third-order valence-corrected chi connectivity index (χ3v) is 4.19. The lowest BCUT2D eigenvalue weighted by Crippen LogP contribution is -2.35. The molecule has 3 rings (SSSR count). The number of nitrogens with one attached hydrogen (secondary N) is 1. The Morgan fingerprint density at radius 3 is 3.00 bits per heavy atom. The molecule has 1 fully saturated rings. The van der Waals surface area contributed by atoms with Crippen molar-refractivity contribution >= 4 is 0 Å². The summed E-state index contributed by atoms with van der Waals surface area (Å²) in [6.07, 6.45) is 7.58. The lowest BCUT2D eigenvalue weighted by atomic mass is 9.92. The van der Waals surface area contributed by atoms with Crippen LogP contribution in [-0.4, -0.2) is 21.3 Å². The predicted octanol–water partition coefficient (Wildman–Crippen LogP) is 2.07. The van der Waals surface area contributed by atoms with Gasteiger partial charge < -0.3 is 9.88 Å². The van der Waals surface area contributed by atoms with Crippen LogP contribution in [0.4, 0.5) is 0 Å². The Bertz CT molecular complexity index is 385. The lowest BCUT2D eigenvalue weighted by Gasteiger charge is -2.29. The number of rotatable bonds is 1. The van der Waals surface area contributed by atoms with E-state index in [1.54, 1.807) is 0 Å². The average molecular weight is 234 g/mol. The zero-order valence-corrected chi connectivity index (χ0v) is 10.7. The quantitative estimate of drug-likeness (QED) is 0.809. The van der Waals surface area contributed by atoms with Gasteiger partial charge in [0.1, 0.15) is 11.6 Å². The number of hydrogen-bond donors (Lipinski definition) is 1. The number of fused-ring (bicyclic) bond motifs is 1. The van der Waals surface area contributed by atoms with E-state index in [9.17, 15) is 0 Å². The van der Waals surface area contributed by atoms with Gasteiger partial charge >= 0.3 is 0 Å². The molecule has 0 aliphatic carbocycles. The molecule has 2 atom stereocenters. The summed E-state index contributed by atoms with van der Waals surface area (Å²) in [5, 5.41) is 12.5. The van der Waals surface area contributed by atoms with Crippen LogP contribution in [0.2, 0.25) is 0 Å². The van der Waals surface area contributed by atoms with E-state index >= 15 is 0 Å². The first kappa shape index (κ1) is 11.2. The van der Waals surface area contributed by atoms with E-state index < -0.39 is 0 Å². The molecule has 0 amide bonds. The number of piperidine rings is 1. The van der Waals surface area contributed by atoms with Crippen LogP contribution in [0.3, 0.4) is 0 Å². The van der Waals surface area contributed by atoms with Crippen LogP contribution in [0.15, 0.2) is 0 Å². The maximum atomic E-state index is 4.46. The molecule has 1 aromatic heterocycles. The minimum atomic E-state index is 0.420. The number of hydrogen-bond acceptors (Lipinski definition) is 3. The molecule has 0 saturated carbocycles. The van der Waals surface area contributed by atoms with Gasteiger partial charge in [-0.15, -0.1) is 10.2 Å². The van der Waals surface area contributed by atoms with Gasteiger partial charge in [0.25, 0.3) is 0 Å². The first-order valence-corrected chi connectivity index (χ1v) is 7.01. The van der Waals surface area contributed by atoms with Crippen LogP contribution in [-0.2, 0) is 13.0 Å². The maximum absolute atomic E-state index is 4.46. The molecule has 2 aliphatic heterocycles. The van der Waals surface area contributed by atoms with Gasteiger partial charge in [0.05, 0.1) is 6.04 Å². The van der Waals surface area contributed by atoms with Crippen LogP contribution >= 0.6 is 0 Å². The Morgan fingerprint density at radius 1 is 1.18 bits per heavy atom. The molecular weight excluding hydrogens is 212 g/mol. The fraction of sp³-hybridized carbons (Fsp3) is 0.846. The molecular formula is C13H22N4. The highest BCUT2D eigenvalue weighted by Crippen LogP contribution is 2.29. The summed E-state index contributed by atoms with van der Waals surface area (Å²) in [5.74, 6) is 3.08. The number of aromatic nitrogens is 3. The molecule has 4 heteroatoms. The molecule has 3 heterocycles. The van der Waals surface area contributed by atoms with Gasteiger partial charge in [-0.3, -0.25) is 0 Å².